The van der Waals surface area contributed by atoms with Crippen LogP contribution in [0.25, 0.3) is 0 Å². The topological polar surface area (TPSA) is 93.7 Å². The van der Waals surface area contributed by atoms with Gasteiger partial charge in [0.25, 0.3) is 0 Å². The molecule has 0 aliphatic carbocycles. The molecule has 0 saturated heterocycles. The molecule has 0 bridgehead atoms. The van der Waals surface area contributed by atoms with Crippen molar-refractivity contribution in [2.45, 2.75) is 44.8 Å². The quantitative estimate of drug-likeness (QED) is 0.299. The molecule has 2 aromatic carbocycles. The molecule has 0 aromatic heterocycles. The maximum atomic E-state index is 12.3. The van der Waals surface area contributed by atoms with Crippen molar-refractivity contribution in [3.8, 4) is 0 Å². The fraction of sp³-hybridized carbons (Fsp3) is 0.375. The van der Waals surface area contributed by atoms with E-state index in [0.717, 1.165) is 22.0 Å². The van der Waals surface area contributed by atoms with Gasteiger partial charge in [-0.05, 0) is 42.2 Å². The minimum absolute atomic E-state index is 0.222. The van der Waals surface area contributed by atoms with Gasteiger partial charge in [0, 0.05) is 28.9 Å². The fourth-order valence-electron chi connectivity index (χ4n) is 3.07. The summed E-state index contributed by atoms with van der Waals surface area (Å²) in [6, 6.07) is 13.9. The molecule has 9 heteroatoms. The van der Waals surface area contributed by atoms with Crippen LogP contribution < -0.4 is 10.6 Å². The molecule has 7 nitrogen and oxygen atoms in total. The lowest BCUT2D eigenvalue weighted by molar-refractivity contribution is -0.145. The number of carbonyl (C=O) groups is 3. The second-order valence-corrected chi connectivity index (χ2v) is 8.67. The highest BCUT2D eigenvalue weighted by atomic mass is 79.9. The Morgan fingerprint density at radius 3 is 2.55 bits per heavy atom. The second kappa shape index (κ2) is 14.5. The van der Waals surface area contributed by atoms with Crippen LogP contribution >= 0.6 is 27.5 Å². The number of halogens is 2. The molecule has 2 rings (SSSR count). The van der Waals surface area contributed by atoms with Crippen LogP contribution in [0.4, 0.5) is 4.79 Å². The Hall–Kier alpha value is -2.58. The van der Waals surface area contributed by atoms with Crippen LogP contribution in [0.5, 0.6) is 0 Å². The standard InChI is InChI=1S/C24H28BrClN2O5/c1-32-23(30)21(15-18-14-19(26)11-12-20(18)25)28-22(29)10-6-3-7-13-27-24(31)33-16-17-8-4-2-5-9-17/h2,4-5,8-9,11-12,14,21H,3,6-7,10,13,15-16H2,1H3,(H,27,31)(H,28,29)/t21-/m1/s1. The van der Waals surface area contributed by atoms with Crippen LogP contribution in [0.15, 0.2) is 53.0 Å². The summed E-state index contributed by atoms with van der Waals surface area (Å²) in [5.41, 5.74) is 1.72. The van der Waals surface area contributed by atoms with Gasteiger partial charge in [0.2, 0.25) is 5.91 Å². The summed E-state index contributed by atoms with van der Waals surface area (Å²) in [4.78, 5) is 36.2. The molecule has 0 saturated carbocycles. The zero-order chi connectivity index (χ0) is 24.1. The van der Waals surface area contributed by atoms with E-state index in [1.807, 2.05) is 30.3 Å². The number of ether oxygens (including phenoxy) is 2. The largest absolute Gasteiger partial charge is 0.467 e. The molecule has 33 heavy (non-hydrogen) atoms. The van der Waals surface area contributed by atoms with Crippen LogP contribution in [0.3, 0.4) is 0 Å². The van der Waals surface area contributed by atoms with Crippen molar-refractivity contribution in [1.29, 1.82) is 0 Å². The molecule has 2 aromatic rings. The first-order chi connectivity index (χ1) is 15.9. The molecule has 0 fully saturated rings. The first-order valence-corrected chi connectivity index (χ1v) is 11.8. The van der Waals surface area contributed by atoms with Gasteiger partial charge in [-0.3, -0.25) is 4.79 Å². The van der Waals surface area contributed by atoms with E-state index in [9.17, 15) is 14.4 Å². The highest BCUT2D eigenvalue weighted by molar-refractivity contribution is 9.10. The maximum absolute atomic E-state index is 12.3. The number of nitrogens with one attached hydrogen (secondary N) is 2. The van der Waals surface area contributed by atoms with E-state index in [-0.39, 0.29) is 25.4 Å². The van der Waals surface area contributed by atoms with Gasteiger partial charge in [0.1, 0.15) is 12.6 Å². The molecule has 0 aliphatic heterocycles. The molecule has 0 heterocycles. The summed E-state index contributed by atoms with van der Waals surface area (Å²) in [7, 11) is 1.28. The third-order valence-corrected chi connectivity index (χ3v) is 5.82. The Morgan fingerprint density at radius 2 is 1.82 bits per heavy atom. The highest BCUT2D eigenvalue weighted by Gasteiger charge is 2.23. The molecular weight excluding hydrogens is 512 g/mol. The Bertz CT molecular complexity index is 926. The van der Waals surface area contributed by atoms with Gasteiger partial charge in [-0.25, -0.2) is 9.59 Å². The van der Waals surface area contributed by atoms with E-state index in [4.69, 9.17) is 21.1 Å². The third kappa shape index (κ3) is 10.3. The van der Waals surface area contributed by atoms with Gasteiger partial charge < -0.3 is 20.1 Å². The summed E-state index contributed by atoms with van der Waals surface area (Å²) in [5, 5.41) is 5.97. The Balaban J connectivity index is 1.65. The number of alkyl carbamates (subject to hydrolysis) is 1. The van der Waals surface area contributed by atoms with Crippen molar-refractivity contribution in [2.75, 3.05) is 13.7 Å². The monoisotopic (exact) mass is 538 g/mol. The first-order valence-electron chi connectivity index (χ1n) is 10.6. The predicted octanol–water partition coefficient (Wildman–Crippen LogP) is 4.79. The normalized spacial score (nSPS) is 11.4. The fourth-order valence-corrected chi connectivity index (χ4v) is 3.68. The van der Waals surface area contributed by atoms with Crippen LogP contribution in [0.1, 0.15) is 36.8 Å². The summed E-state index contributed by atoms with van der Waals surface area (Å²) in [6.45, 7) is 0.683. The van der Waals surface area contributed by atoms with E-state index in [1.54, 1.807) is 18.2 Å². The smallest absolute Gasteiger partial charge is 0.407 e. The molecule has 0 radical (unpaired) electrons. The van der Waals surface area contributed by atoms with Crippen molar-refractivity contribution in [3.05, 3.63) is 69.2 Å². The average molecular weight is 540 g/mol. The average Bonchev–Trinajstić information content (AvgIpc) is 2.81. The van der Waals surface area contributed by atoms with E-state index in [2.05, 4.69) is 26.6 Å². The number of hydrogen-bond donors (Lipinski definition) is 2. The first kappa shape index (κ1) is 26.7. The summed E-state index contributed by atoms with van der Waals surface area (Å²) < 4.78 is 10.8. The number of carbonyl (C=O) groups excluding carboxylic acids is 3. The van der Waals surface area contributed by atoms with Crippen LogP contribution in [-0.2, 0) is 32.1 Å². The second-order valence-electron chi connectivity index (χ2n) is 7.38. The number of esters is 1. The predicted molar refractivity (Wildman–Crippen MR) is 130 cm³/mol. The van der Waals surface area contributed by atoms with Crippen molar-refractivity contribution < 1.29 is 23.9 Å². The van der Waals surface area contributed by atoms with E-state index < -0.39 is 18.1 Å². The third-order valence-electron chi connectivity index (χ3n) is 4.82. The molecule has 2 amide bonds. The van der Waals surface area contributed by atoms with Crippen molar-refractivity contribution >= 4 is 45.5 Å². The molecule has 178 valence electrons. The van der Waals surface area contributed by atoms with Gasteiger partial charge in [-0.1, -0.05) is 64.3 Å². The lowest BCUT2D eigenvalue weighted by Crippen LogP contribution is -2.43. The molecule has 1 atom stereocenters. The Morgan fingerprint density at radius 1 is 1.06 bits per heavy atom. The number of hydrogen-bond acceptors (Lipinski definition) is 5. The maximum Gasteiger partial charge on any atom is 0.407 e. The number of rotatable bonds is 12. The van der Waals surface area contributed by atoms with Crippen molar-refractivity contribution in [2.24, 2.45) is 0 Å². The zero-order valence-corrected chi connectivity index (χ0v) is 20.8. The van der Waals surface area contributed by atoms with Crippen LogP contribution in [-0.4, -0.2) is 37.7 Å². The van der Waals surface area contributed by atoms with Gasteiger partial charge in [-0.15, -0.1) is 0 Å². The molecule has 2 N–H and O–H groups in total. The Labute approximate surface area is 207 Å². The minimum atomic E-state index is -0.807. The van der Waals surface area contributed by atoms with E-state index in [0.29, 0.717) is 24.4 Å². The van der Waals surface area contributed by atoms with Gasteiger partial charge in [0.15, 0.2) is 0 Å². The van der Waals surface area contributed by atoms with E-state index >= 15 is 0 Å². The lowest BCUT2D eigenvalue weighted by atomic mass is 10.1. The minimum Gasteiger partial charge on any atom is -0.467 e. The molecule has 0 aliphatic rings. The number of unbranched alkanes of at least 4 members (excludes halogenated alkanes) is 2. The molecule has 0 spiro atoms. The number of amides is 2. The zero-order valence-electron chi connectivity index (χ0n) is 18.4. The van der Waals surface area contributed by atoms with Crippen LogP contribution in [0.2, 0.25) is 5.02 Å². The Kier molecular flexibility index (Phi) is 11.8. The summed E-state index contributed by atoms with van der Waals surface area (Å²) in [5.74, 6) is -0.757. The van der Waals surface area contributed by atoms with Gasteiger partial charge in [0.05, 0.1) is 7.11 Å². The summed E-state index contributed by atoms with van der Waals surface area (Å²) in [6.07, 6.45) is 2.14. The molecule has 0 unspecified atom stereocenters. The number of methoxy groups -OCH3 is 1. The van der Waals surface area contributed by atoms with Crippen LogP contribution in [0, 0.1) is 0 Å². The van der Waals surface area contributed by atoms with Gasteiger partial charge in [-0.2, -0.15) is 0 Å². The highest BCUT2D eigenvalue weighted by Crippen LogP contribution is 2.22. The summed E-state index contributed by atoms with van der Waals surface area (Å²) >= 11 is 9.47. The molecular formula is C24H28BrClN2O5. The van der Waals surface area contributed by atoms with Gasteiger partial charge >= 0.3 is 12.1 Å². The lowest BCUT2D eigenvalue weighted by Gasteiger charge is -2.17. The number of benzene rings is 2. The van der Waals surface area contributed by atoms with Crippen molar-refractivity contribution in [1.82, 2.24) is 10.6 Å². The van der Waals surface area contributed by atoms with E-state index in [1.165, 1.54) is 7.11 Å². The van der Waals surface area contributed by atoms with Crippen molar-refractivity contribution in [3.63, 3.8) is 0 Å². The SMILES string of the molecule is COC(=O)[C@@H](Cc1cc(Cl)ccc1Br)NC(=O)CCCCCNC(=O)OCc1ccccc1.